The summed E-state index contributed by atoms with van der Waals surface area (Å²) in [6.07, 6.45) is 2.62. The normalized spacial score (nSPS) is 24.3. The Hall–Kier alpha value is -1.88. The van der Waals surface area contributed by atoms with Crippen molar-refractivity contribution < 1.29 is 14.3 Å². The van der Waals surface area contributed by atoms with Crippen LogP contribution in [0.5, 0.6) is 0 Å². The van der Waals surface area contributed by atoms with Crippen LogP contribution in [0, 0.1) is 11.8 Å². The molecule has 1 amide bonds. The van der Waals surface area contributed by atoms with E-state index in [2.05, 4.69) is 29.2 Å². The molecule has 0 spiro atoms. The Labute approximate surface area is 149 Å². The van der Waals surface area contributed by atoms with E-state index in [0.29, 0.717) is 13.2 Å². The third kappa shape index (κ3) is 4.60. The number of nitrogens with zero attached hydrogens (tertiary/aromatic N) is 2. The first-order valence-electron chi connectivity index (χ1n) is 9.39. The summed E-state index contributed by atoms with van der Waals surface area (Å²) in [5.41, 5.74) is 1.29. The van der Waals surface area contributed by atoms with Gasteiger partial charge in [-0.25, -0.2) is 0 Å². The van der Waals surface area contributed by atoms with Gasteiger partial charge < -0.3 is 9.64 Å². The molecule has 0 aliphatic carbocycles. The van der Waals surface area contributed by atoms with Gasteiger partial charge in [0.1, 0.15) is 0 Å². The second kappa shape index (κ2) is 8.48. The fraction of sp³-hybridized carbons (Fsp3) is 0.600. The summed E-state index contributed by atoms with van der Waals surface area (Å²) >= 11 is 0. The van der Waals surface area contributed by atoms with Crippen LogP contribution in [0.3, 0.4) is 0 Å². The average Bonchev–Trinajstić information content (AvgIpc) is 3.11. The summed E-state index contributed by atoms with van der Waals surface area (Å²) in [6, 6.07) is 10.4. The molecule has 0 N–H and O–H groups in total. The highest BCUT2D eigenvalue weighted by atomic mass is 16.5. The third-order valence-electron chi connectivity index (χ3n) is 5.22. The Morgan fingerprint density at radius 3 is 2.64 bits per heavy atom. The molecule has 25 heavy (non-hydrogen) atoms. The van der Waals surface area contributed by atoms with Crippen LogP contribution in [0.4, 0.5) is 0 Å². The van der Waals surface area contributed by atoms with Crippen molar-refractivity contribution in [2.45, 2.75) is 32.7 Å². The van der Waals surface area contributed by atoms with Crippen LogP contribution in [0.2, 0.25) is 0 Å². The first kappa shape index (κ1) is 17.9. The molecule has 136 valence electrons. The van der Waals surface area contributed by atoms with Gasteiger partial charge in [-0.3, -0.25) is 14.5 Å². The average molecular weight is 344 g/mol. The van der Waals surface area contributed by atoms with Crippen molar-refractivity contribution in [2.75, 3.05) is 32.8 Å². The summed E-state index contributed by atoms with van der Waals surface area (Å²) in [5, 5.41) is 0. The van der Waals surface area contributed by atoms with E-state index in [-0.39, 0.29) is 23.7 Å². The molecular weight excluding hydrogens is 316 g/mol. The highest BCUT2D eigenvalue weighted by Crippen LogP contribution is 2.24. The van der Waals surface area contributed by atoms with Crippen LogP contribution >= 0.6 is 0 Å². The Morgan fingerprint density at radius 2 is 1.88 bits per heavy atom. The number of piperidine rings is 1. The molecule has 2 unspecified atom stereocenters. The van der Waals surface area contributed by atoms with Crippen molar-refractivity contribution >= 4 is 11.9 Å². The molecule has 2 aliphatic rings. The van der Waals surface area contributed by atoms with Crippen molar-refractivity contribution in [3.63, 3.8) is 0 Å². The quantitative estimate of drug-likeness (QED) is 0.769. The van der Waals surface area contributed by atoms with Gasteiger partial charge in [0.25, 0.3) is 0 Å². The zero-order valence-electron chi connectivity index (χ0n) is 15.0. The van der Waals surface area contributed by atoms with E-state index in [4.69, 9.17) is 4.74 Å². The van der Waals surface area contributed by atoms with Crippen LogP contribution in [-0.2, 0) is 20.9 Å². The van der Waals surface area contributed by atoms with Gasteiger partial charge in [0.2, 0.25) is 5.91 Å². The molecule has 5 nitrogen and oxygen atoms in total. The molecule has 0 bridgehead atoms. The lowest BCUT2D eigenvalue weighted by Crippen LogP contribution is -2.45. The highest BCUT2D eigenvalue weighted by Gasteiger charge is 2.35. The van der Waals surface area contributed by atoms with Gasteiger partial charge in [0, 0.05) is 26.2 Å². The molecule has 3 rings (SSSR count). The number of amides is 1. The second-order valence-corrected chi connectivity index (χ2v) is 7.08. The SMILES string of the molecule is CCOC(=O)C1CCCN(C(=O)C2CCN(Cc3ccccc3)C2)C1. The van der Waals surface area contributed by atoms with E-state index in [1.165, 1.54) is 5.56 Å². The number of likely N-dealkylation sites (tertiary alicyclic amines) is 2. The molecule has 2 heterocycles. The fourth-order valence-corrected chi connectivity index (χ4v) is 3.91. The number of ether oxygens (including phenoxy) is 1. The molecule has 1 aromatic carbocycles. The lowest BCUT2D eigenvalue weighted by atomic mass is 9.96. The molecule has 2 atom stereocenters. The standard InChI is InChI=1S/C20H28N2O3/c1-2-25-20(24)18-9-6-11-22(15-18)19(23)17-10-12-21(14-17)13-16-7-4-3-5-8-16/h3-5,7-8,17-18H,2,6,9-15H2,1H3. The van der Waals surface area contributed by atoms with E-state index < -0.39 is 0 Å². The summed E-state index contributed by atoms with van der Waals surface area (Å²) in [5.74, 6) is -0.0363. The number of benzene rings is 1. The lowest BCUT2D eigenvalue weighted by molar-refractivity contribution is -0.151. The van der Waals surface area contributed by atoms with Crippen molar-refractivity contribution in [1.29, 1.82) is 0 Å². The summed E-state index contributed by atoms with van der Waals surface area (Å²) < 4.78 is 5.13. The molecule has 0 aromatic heterocycles. The van der Waals surface area contributed by atoms with Crippen LogP contribution in [0.15, 0.2) is 30.3 Å². The smallest absolute Gasteiger partial charge is 0.310 e. The van der Waals surface area contributed by atoms with Crippen LogP contribution in [0.25, 0.3) is 0 Å². The third-order valence-corrected chi connectivity index (χ3v) is 5.22. The predicted octanol–water partition coefficient (Wildman–Crippen LogP) is 2.31. The van der Waals surface area contributed by atoms with Gasteiger partial charge in [-0.05, 0) is 38.3 Å². The van der Waals surface area contributed by atoms with Crippen molar-refractivity contribution in [3.8, 4) is 0 Å². The Bertz CT molecular complexity index is 590. The van der Waals surface area contributed by atoms with Gasteiger partial charge in [0.05, 0.1) is 18.4 Å². The highest BCUT2D eigenvalue weighted by molar-refractivity contribution is 5.81. The molecule has 2 fully saturated rings. The van der Waals surface area contributed by atoms with Gasteiger partial charge in [-0.1, -0.05) is 30.3 Å². The summed E-state index contributed by atoms with van der Waals surface area (Å²) in [7, 11) is 0. The minimum absolute atomic E-state index is 0.0599. The van der Waals surface area contributed by atoms with Gasteiger partial charge >= 0.3 is 5.97 Å². The largest absolute Gasteiger partial charge is 0.466 e. The molecular formula is C20H28N2O3. The number of rotatable bonds is 5. The monoisotopic (exact) mass is 344 g/mol. The molecule has 2 saturated heterocycles. The van der Waals surface area contributed by atoms with Gasteiger partial charge in [-0.15, -0.1) is 0 Å². The van der Waals surface area contributed by atoms with E-state index in [1.54, 1.807) is 0 Å². The number of carbonyl (C=O) groups is 2. The van der Waals surface area contributed by atoms with E-state index in [9.17, 15) is 9.59 Å². The van der Waals surface area contributed by atoms with Gasteiger partial charge in [-0.2, -0.15) is 0 Å². The predicted molar refractivity (Wildman–Crippen MR) is 95.8 cm³/mol. The number of carbonyl (C=O) groups excluding carboxylic acids is 2. The zero-order valence-corrected chi connectivity index (χ0v) is 15.0. The Kier molecular flexibility index (Phi) is 6.08. The number of hydrogen-bond donors (Lipinski definition) is 0. The van der Waals surface area contributed by atoms with E-state index in [0.717, 1.165) is 45.4 Å². The molecule has 1 aromatic rings. The van der Waals surface area contributed by atoms with Crippen LogP contribution in [-0.4, -0.2) is 54.5 Å². The summed E-state index contributed by atoms with van der Waals surface area (Å²) in [6.45, 7) is 6.19. The molecule has 2 aliphatic heterocycles. The second-order valence-electron chi connectivity index (χ2n) is 7.08. The number of esters is 1. The molecule has 0 radical (unpaired) electrons. The van der Waals surface area contributed by atoms with Crippen molar-refractivity contribution in [2.24, 2.45) is 11.8 Å². The maximum absolute atomic E-state index is 12.9. The van der Waals surface area contributed by atoms with Crippen LogP contribution in [0.1, 0.15) is 31.7 Å². The maximum Gasteiger partial charge on any atom is 0.310 e. The van der Waals surface area contributed by atoms with E-state index >= 15 is 0 Å². The Morgan fingerprint density at radius 1 is 1.08 bits per heavy atom. The summed E-state index contributed by atoms with van der Waals surface area (Å²) in [4.78, 5) is 29.1. The first-order chi connectivity index (χ1) is 12.2. The fourth-order valence-electron chi connectivity index (χ4n) is 3.91. The first-order valence-corrected chi connectivity index (χ1v) is 9.39. The van der Waals surface area contributed by atoms with Gasteiger partial charge in [0.15, 0.2) is 0 Å². The minimum Gasteiger partial charge on any atom is -0.466 e. The number of hydrogen-bond acceptors (Lipinski definition) is 4. The van der Waals surface area contributed by atoms with Crippen molar-refractivity contribution in [1.82, 2.24) is 9.80 Å². The zero-order chi connectivity index (χ0) is 17.6. The topological polar surface area (TPSA) is 49.9 Å². The lowest BCUT2D eigenvalue weighted by Gasteiger charge is -2.33. The van der Waals surface area contributed by atoms with Crippen LogP contribution < -0.4 is 0 Å². The molecule has 0 saturated carbocycles. The molecule has 5 heteroatoms. The minimum atomic E-state index is -0.155. The van der Waals surface area contributed by atoms with E-state index in [1.807, 2.05) is 17.9 Å². The Balaban J connectivity index is 1.52. The van der Waals surface area contributed by atoms with Crippen molar-refractivity contribution in [3.05, 3.63) is 35.9 Å². The maximum atomic E-state index is 12.9.